The molecule has 6 heteroatoms. The topological polar surface area (TPSA) is 82.2 Å². The van der Waals surface area contributed by atoms with Gasteiger partial charge in [-0.15, -0.1) is 0 Å². The zero-order chi connectivity index (χ0) is 11.8. The summed E-state index contributed by atoms with van der Waals surface area (Å²) < 4.78 is 24.6. The van der Waals surface area contributed by atoms with Crippen LogP contribution < -0.4 is 5.73 Å². The van der Waals surface area contributed by atoms with Crippen LogP contribution in [0, 0.1) is 6.92 Å². The molecule has 0 aliphatic rings. The van der Waals surface area contributed by atoms with Crippen molar-refractivity contribution in [2.45, 2.75) is 26.0 Å². The predicted molar refractivity (Wildman–Crippen MR) is 57.1 cm³/mol. The fraction of sp³-hybridized carbons (Fsp3) is 0.444. The van der Waals surface area contributed by atoms with Crippen LogP contribution in [-0.2, 0) is 10.0 Å². The van der Waals surface area contributed by atoms with Gasteiger partial charge in [-0.3, -0.25) is 4.79 Å². The number of aromatic nitrogens is 1. The second kappa shape index (κ2) is 3.69. The van der Waals surface area contributed by atoms with Crippen LogP contribution in [0.15, 0.2) is 12.3 Å². The minimum atomic E-state index is -3.52. The second-order valence-electron chi connectivity index (χ2n) is 3.66. The Kier molecular flexibility index (Phi) is 2.90. The predicted octanol–water partition coefficient (Wildman–Crippen LogP) is 0.482. The van der Waals surface area contributed by atoms with Crippen LogP contribution in [0.25, 0.3) is 0 Å². The third kappa shape index (κ3) is 2.04. The van der Waals surface area contributed by atoms with E-state index in [2.05, 4.69) is 0 Å². The molecule has 0 fully saturated rings. The summed E-state index contributed by atoms with van der Waals surface area (Å²) >= 11 is 0. The minimum absolute atomic E-state index is 0.00111. The number of carbonyl (C=O) groups excluding carboxylic acids is 1. The zero-order valence-electron chi connectivity index (χ0n) is 8.89. The molecule has 0 saturated carbocycles. The third-order valence-electron chi connectivity index (χ3n) is 2.05. The quantitative estimate of drug-likeness (QED) is 0.820. The molecular weight excluding hydrogens is 216 g/mol. The molecule has 1 aromatic rings. The molecule has 0 unspecified atom stereocenters. The number of nitrogens with zero attached hydrogens (tertiary/aromatic N) is 1. The summed E-state index contributed by atoms with van der Waals surface area (Å²) in [5.74, 6) is -0.743. The largest absolute Gasteiger partial charge is 0.364 e. The van der Waals surface area contributed by atoms with Gasteiger partial charge in [0.2, 0.25) is 10.0 Å². The maximum absolute atomic E-state index is 11.8. The summed E-state index contributed by atoms with van der Waals surface area (Å²) in [7, 11) is -3.52. The van der Waals surface area contributed by atoms with E-state index < -0.39 is 21.2 Å². The molecule has 0 atom stereocenters. The molecule has 0 saturated heterocycles. The lowest BCUT2D eigenvalue weighted by Crippen LogP contribution is -2.27. The zero-order valence-corrected chi connectivity index (χ0v) is 9.71. The van der Waals surface area contributed by atoms with Gasteiger partial charge in [-0.25, -0.2) is 12.4 Å². The first-order valence-electron chi connectivity index (χ1n) is 4.50. The second-order valence-corrected chi connectivity index (χ2v) is 6.02. The summed E-state index contributed by atoms with van der Waals surface area (Å²) in [5.41, 5.74) is 5.79. The van der Waals surface area contributed by atoms with Crippen LogP contribution in [0.3, 0.4) is 0 Å². The van der Waals surface area contributed by atoms with Crippen molar-refractivity contribution in [2.24, 2.45) is 5.73 Å². The van der Waals surface area contributed by atoms with E-state index in [4.69, 9.17) is 5.73 Å². The molecule has 5 nitrogen and oxygen atoms in total. The number of rotatable bonds is 3. The molecule has 2 N–H and O–H groups in total. The molecule has 0 aromatic carbocycles. The van der Waals surface area contributed by atoms with Crippen LogP contribution in [0.5, 0.6) is 0 Å². The summed E-state index contributed by atoms with van der Waals surface area (Å²) in [6.45, 7) is 4.81. The summed E-state index contributed by atoms with van der Waals surface area (Å²) in [5, 5.41) is -0.595. The van der Waals surface area contributed by atoms with Crippen LogP contribution >= 0.6 is 0 Å². The van der Waals surface area contributed by atoms with E-state index in [9.17, 15) is 13.2 Å². The number of amides is 1. The van der Waals surface area contributed by atoms with E-state index >= 15 is 0 Å². The number of hydrogen-bond acceptors (Lipinski definition) is 3. The van der Waals surface area contributed by atoms with E-state index in [1.165, 1.54) is 12.3 Å². The molecular formula is C9H14N2O3S. The first kappa shape index (κ1) is 11.8. The fourth-order valence-corrected chi connectivity index (χ4v) is 2.37. The van der Waals surface area contributed by atoms with Gasteiger partial charge in [0.25, 0.3) is 5.91 Å². The van der Waals surface area contributed by atoms with Gasteiger partial charge < -0.3 is 5.73 Å². The maximum atomic E-state index is 11.8. The van der Waals surface area contributed by atoms with Gasteiger partial charge in [-0.1, -0.05) is 0 Å². The number of aryl methyl sites for hydroxylation is 1. The lowest BCUT2D eigenvalue weighted by Gasteiger charge is -2.10. The van der Waals surface area contributed by atoms with E-state index in [0.29, 0.717) is 5.56 Å². The van der Waals surface area contributed by atoms with E-state index in [-0.39, 0.29) is 5.69 Å². The van der Waals surface area contributed by atoms with Gasteiger partial charge in [0.1, 0.15) is 5.69 Å². The Morgan fingerprint density at radius 2 is 2.00 bits per heavy atom. The first-order chi connectivity index (χ1) is 6.76. The highest BCUT2D eigenvalue weighted by atomic mass is 32.2. The van der Waals surface area contributed by atoms with Gasteiger partial charge in [0, 0.05) is 6.20 Å². The normalized spacial score (nSPS) is 12.0. The van der Waals surface area contributed by atoms with Gasteiger partial charge >= 0.3 is 0 Å². The number of carbonyl (C=O) groups is 1. The summed E-state index contributed by atoms with van der Waals surface area (Å²) in [4.78, 5) is 11.0. The van der Waals surface area contributed by atoms with Crippen molar-refractivity contribution in [3.05, 3.63) is 23.5 Å². The SMILES string of the molecule is Cc1cc(C(N)=O)n(S(=O)(=O)C(C)C)c1. The Labute approximate surface area is 88.9 Å². The number of nitrogens with two attached hydrogens (primary N) is 1. The van der Waals surface area contributed by atoms with Crippen molar-refractivity contribution in [3.63, 3.8) is 0 Å². The van der Waals surface area contributed by atoms with E-state index in [0.717, 1.165) is 3.97 Å². The average Bonchev–Trinajstić information content (AvgIpc) is 2.47. The third-order valence-corrected chi connectivity index (χ3v) is 4.09. The first-order valence-corrected chi connectivity index (χ1v) is 6.00. The van der Waals surface area contributed by atoms with Crippen molar-refractivity contribution in [2.75, 3.05) is 0 Å². The number of primary amides is 1. The maximum Gasteiger partial charge on any atom is 0.266 e. The lowest BCUT2D eigenvalue weighted by molar-refractivity contribution is 0.0994. The highest BCUT2D eigenvalue weighted by Crippen LogP contribution is 2.14. The van der Waals surface area contributed by atoms with Crippen molar-refractivity contribution in [1.29, 1.82) is 0 Å². The molecule has 1 amide bonds. The molecule has 1 aromatic heterocycles. The highest BCUT2D eigenvalue weighted by Gasteiger charge is 2.23. The molecule has 84 valence electrons. The fourth-order valence-electron chi connectivity index (χ4n) is 1.19. The standard InChI is InChI=1S/C9H14N2O3S/c1-6(2)15(13,14)11-5-7(3)4-8(11)9(10)12/h4-6H,1-3H3,(H2,10,12). The molecule has 1 heterocycles. The Bertz CT molecular complexity index is 485. The number of hydrogen-bond donors (Lipinski definition) is 1. The van der Waals surface area contributed by atoms with E-state index in [1.54, 1.807) is 20.8 Å². The van der Waals surface area contributed by atoms with Crippen LogP contribution in [0.1, 0.15) is 29.9 Å². The Hall–Kier alpha value is -1.30. The van der Waals surface area contributed by atoms with Gasteiger partial charge in [0.05, 0.1) is 5.25 Å². The Morgan fingerprint density at radius 3 is 2.40 bits per heavy atom. The molecule has 0 aliphatic heterocycles. The van der Waals surface area contributed by atoms with Crippen LogP contribution in [0.4, 0.5) is 0 Å². The monoisotopic (exact) mass is 230 g/mol. The lowest BCUT2D eigenvalue weighted by atomic mass is 10.3. The van der Waals surface area contributed by atoms with Crippen LogP contribution in [-0.4, -0.2) is 23.5 Å². The average molecular weight is 230 g/mol. The Morgan fingerprint density at radius 1 is 1.47 bits per heavy atom. The molecule has 0 spiro atoms. The van der Waals surface area contributed by atoms with Gasteiger partial charge in [-0.05, 0) is 32.4 Å². The minimum Gasteiger partial charge on any atom is -0.364 e. The van der Waals surface area contributed by atoms with Gasteiger partial charge in [0.15, 0.2) is 0 Å². The Balaban J connectivity index is 3.44. The molecule has 1 rings (SSSR count). The van der Waals surface area contributed by atoms with Crippen molar-refractivity contribution < 1.29 is 13.2 Å². The van der Waals surface area contributed by atoms with Crippen molar-refractivity contribution in [3.8, 4) is 0 Å². The van der Waals surface area contributed by atoms with Crippen molar-refractivity contribution >= 4 is 15.9 Å². The summed E-state index contributed by atoms with van der Waals surface area (Å²) in [6.07, 6.45) is 1.40. The van der Waals surface area contributed by atoms with Gasteiger partial charge in [-0.2, -0.15) is 0 Å². The molecule has 0 aliphatic carbocycles. The highest BCUT2D eigenvalue weighted by molar-refractivity contribution is 7.90. The smallest absolute Gasteiger partial charge is 0.266 e. The molecule has 15 heavy (non-hydrogen) atoms. The van der Waals surface area contributed by atoms with E-state index in [1.807, 2.05) is 0 Å². The summed E-state index contributed by atoms with van der Waals surface area (Å²) in [6, 6.07) is 1.46. The molecule has 0 bridgehead atoms. The van der Waals surface area contributed by atoms with Crippen LogP contribution in [0.2, 0.25) is 0 Å². The molecule has 0 radical (unpaired) electrons. The van der Waals surface area contributed by atoms with Crippen molar-refractivity contribution in [1.82, 2.24) is 3.97 Å².